The van der Waals surface area contributed by atoms with E-state index >= 15 is 0 Å². The summed E-state index contributed by atoms with van der Waals surface area (Å²) in [7, 11) is 1.57. The Morgan fingerprint density at radius 1 is 1.32 bits per heavy atom. The number of rotatable bonds is 7. The highest BCUT2D eigenvalue weighted by atomic mass is 79.9. The number of methoxy groups -OCH3 is 1. The summed E-state index contributed by atoms with van der Waals surface area (Å²) < 4.78 is 6.53. The molecule has 5 nitrogen and oxygen atoms in total. The molecule has 0 bridgehead atoms. The van der Waals surface area contributed by atoms with Crippen LogP contribution in [0, 0.1) is 0 Å². The van der Waals surface area contributed by atoms with Crippen molar-refractivity contribution in [3.63, 3.8) is 0 Å². The van der Waals surface area contributed by atoms with E-state index in [0.717, 1.165) is 8.26 Å². The Bertz CT molecular complexity index is 432. The van der Waals surface area contributed by atoms with Crippen LogP contribution in [0.25, 0.3) is 0 Å². The van der Waals surface area contributed by atoms with Crippen LogP contribution in [0.15, 0.2) is 14.3 Å². The van der Waals surface area contributed by atoms with Crippen LogP contribution in [0.5, 0.6) is 0 Å². The van der Waals surface area contributed by atoms with Gasteiger partial charge >= 0.3 is 0 Å². The molecule has 0 unspecified atom stereocenters. The third-order valence-electron chi connectivity index (χ3n) is 2.13. The zero-order chi connectivity index (χ0) is 14.3. The first-order valence-electron chi connectivity index (χ1n) is 5.53. The first kappa shape index (κ1) is 16.6. The van der Waals surface area contributed by atoms with Crippen LogP contribution in [-0.2, 0) is 9.53 Å². The lowest BCUT2D eigenvalue weighted by atomic mass is 10.3. The molecule has 0 aliphatic heterocycles. The van der Waals surface area contributed by atoms with Gasteiger partial charge in [-0.05, 0) is 37.9 Å². The number of carbonyl (C=O) groups is 2. The molecule has 19 heavy (non-hydrogen) atoms. The molecular weight excluding hydrogens is 400 g/mol. The van der Waals surface area contributed by atoms with Gasteiger partial charge in [0.05, 0.1) is 15.3 Å². The van der Waals surface area contributed by atoms with Gasteiger partial charge in [-0.1, -0.05) is 0 Å². The lowest BCUT2D eigenvalue weighted by molar-refractivity contribution is -0.121. The zero-order valence-corrected chi connectivity index (χ0v) is 14.3. The van der Waals surface area contributed by atoms with Gasteiger partial charge in [0.15, 0.2) is 0 Å². The largest absolute Gasteiger partial charge is 0.383 e. The van der Waals surface area contributed by atoms with E-state index in [1.54, 1.807) is 13.2 Å². The number of ether oxygens (including phenoxy) is 1. The predicted octanol–water partition coefficient (Wildman–Crippen LogP) is 2.16. The van der Waals surface area contributed by atoms with E-state index in [1.807, 2.05) is 0 Å². The van der Waals surface area contributed by atoms with Gasteiger partial charge in [-0.3, -0.25) is 9.59 Å². The number of hydrogen-bond acceptors (Lipinski definition) is 4. The molecule has 106 valence electrons. The highest BCUT2D eigenvalue weighted by molar-refractivity contribution is 9.13. The van der Waals surface area contributed by atoms with Gasteiger partial charge in [-0.2, -0.15) is 0 Å². The van der Waals surface area contributed by atoms with Crippen molar-refractivity contribution in [1.82, 2.24) is 10.6 Å². The van der Waals surface area contributed by atoms with Crippen LogP contribution in [0.3, 0.4) is 0 Å². The van der Waals surface area contributed by atoms with Gasteiger partial charge < -0.3 is 15.4 Å². The van der Waals surface area contributed by atoms with Crippen LogP contribution < -0.4 is 10.6 Å². The normalized spacial score (nSPS) is 10.3. The molecule has 2 N–H and O–H groups in total. The van der Waals surface area contributed by atoms with Gasteiger partial charge in [0.2, 0.25) is 5.91 Å². The second-order valence-electron chi connectivity index (χ2n) is 3.58. The van der Waals surface area contributed by atoms with Crippen molar-refractivity contribution in [3.8, 4) is 0 Å². The Hall–Kier alpha value is -0.440. The summed E-state index contributed by atoms with van der Waals surface area (Å²) >= 11 is 7.98. The highest BCUT2D eigenvalue weighted by Gasteiger charge is 2.11. The van der Waals surface area contributed by atoms with Crippen molar-refractivity contribution in [1.29, 1.82) is 0 Å². The van der Waals surface area contributed by atoms with Crippen LogP contribution in [-0.4, -0.2) is 38.6 Å². The molecule has 0 spiro atoms. The standard InChI is InChI=1S/C11H14Br2N2O3S/c1-18-5-4-14-9(16)2-3-15-11(17)8-6-7(12)10(13)19-8/h6H,2-5H2,1H3,(H,14,16)(H,15,17). The summed E-state index contributed by atoms with van der Waals surface area (Å²) in [6.07, 6.45) is 0.253. The molecule has 1 aromatic rings. The fraction of sp³-hybridized carbons (Fsp3) is 0.455. The maximum Gasteiger partial charge on any atom is 0.261 e. The Morgan fingerprint density at radius 3 is 2.63 bits per heavy atom. The molecule has 0 radical (unpaired) electrons. The number of halogens is 2. The molecule has 1 rings (SSSR count). The topological polar surface area (TPSA) is 67.4 Å². The highest BCUT2D eigenvalue weighted by Crippen LogP contribution is 2.32. The molecule has 2 amide bonds. The van der Waals surface area contributed by atoms with Gasteiger partial charge in [-0.15, -0.1) is 11.3 Å². The van der Waals surface area contributed by atoms with Crippen LogP contribution in [0.1, 0.15) is 16.1 Å². The van der Waals surface area contributed by atoms with Gasteiger partial charge in [0.25, 0.3) is 5.91 Å². The summed E-state index contributed by atoms with van der Waals surface area (Å²) in [5.74, 6) is -0.285. The molecule has 0 saturated carbocycles. The molecule has 8 heteroatoms. The molecule has 0 aliphatic carbocycles. The lowest BCUT2D eigenvalue weighted by Gasteiger charge is -2.05. The summed E-state index contributed by atoms with van der Waals surface area (Å²) in [6, 6.07) is 1.74. The average Bonchev–Trinajstić information content (AvgIpc) is 2.70. The number of nitrogens with one attached hydrogen (secondary N) is 2. The Morgan fingerprint density at radius 2 is 2.05 bits per heavy atom. The van der Waals surface area contributed by atoms with E-state index in [9.17, 15) is 9.59 Å². The molecule has 0 fully saturated rings. The van der Waals surface area contributed by atoms with Crippen molar-refractivity contribution in [2.45, 2.75) is 6.42 Å². The molecule has 1 aromatic heterocycles. The van der Waals surface area contributed by atoms with E-state index in [0.29, 0.717) is 24.6 Å². The first-order chi connectivity index (χ1) is 9.04. The number of amides is 2. The SMILES string of the molecule is COCCNC(=O)CCNC(=O)c1cc(Br)c(Br)s1. The monoisotopic (exact) mass is 412 g/mol. The Balaban J connectivity index is 2.25. The van der Waals surface area contributed by atoms with E-state index in [4.69, 9.17) is 4.74 Å². The summed E-state index contributed by atoms with van der Waals surface area (Å²) in [5, 5.41) is 5.38. The van der Waals surface area contributed by atoms with Gasteiger partial charge in [0.1, 0.15) is 0 Å². The third-order valence-corrected chi connectivity index (χ3v) is 5.39. The van der Waals surface area contributed by atoms with Crippen LogP contribution >= 0.6 is 43.2 Å². The summed E-state index contributed by atoms with van der Waals surface area (Å²) in [6.45, 7) is 1.27. The van der Waals surface area contributed by atoms with Crippen molar-refractivity contribution in [2.75, 3.05) is 26.8 Å². The smallest absolute Gasteiger partial charge is 0.261 e. The van der Waals surface area contributed by atoms with Gasteiger partial charge in [-0.25, -0.2) is 0 Å². The molecule has 0 atom stereocenters. The fourth-order valence-corrected chi connectivity index (χ4v) is 3.17. The summed E-state index contributed by atoms with van der Waals surface area (Å²) in [4.78, 5) is 23.7. The van der Waals surface area contributed by atoms with Crippen molar-refractivity contribution >= 4 is 55.0 Å². The number of carbonyl (C=O) groups excluding carboxylic acids is 2. The zero-order valence-electron chi connectivity index (χ0n) is 10.3. The first-order valence-corrected chi connectivity index (χ1v) is 7.93. The van der Waals surface area contributed by atoms with Crippen molar-refractivity contribution in [2.24, 2.45) is 0 Å². The van der Waals surface area contributed by atoms with E-state index in [-0.39, 0.29) is 18.2 Å². The number of hydrogen-bond donors (Lipinski definition) is 2. The van der Waals surface area contributed by atoms with Crippen molar-refractivity contribution < 1.29 is 14.3 Å². The quantitative estimate of drug-likeness (QED) is 0.673. The Kier molecular flexibility index (Phi) is 7.59. The minimum atomic E-state index is -0.180. The molecular formula is C11H14Br2N2O3S. The van der Waals surface area contributed by atoms with Crippen LogP contribution in [0.2, 0.25) is 0 Å². The number of thiophene rings is 1. The molecule has 0 aliphatic rings. The second kappa shape index (κ2) is 8.68. The van der Waals surface area contributed by atoms with E-state index in [1.165, 1.54) is 11.3 Å². The maximum atomic E-state index is 11.8. The lowest BCUT2D eigenvalue weighted by Crippen LogP contribution is -2.31. The van der Waals surface area contributed by atoms with Gasteiger partial charge in [0, 0.05) is 31.1 Å². The molecule has 1 heterocycles. The third kappa shape index (κ3) is 6.03. The predicted molar refractivity (Wildman–Crippen MR) is 81.6 cm³/mol. The Labute approximate surface area is 132 Å². The van der Waals surface area contributed by atoms with Crippen LogP contribution in [0.4, 0.5) is 0 Å². The van der Waals surface area contributed by atoms with E-state index in [2.05, 4.69) is 42.5 Å². The average molecular weight is 414 g/mol. The fourth-order valence-electron chi connectivity index (χ4n) is 1.22. The maximum absolute atomic E-state index is 11.8. The van der Waals surface area contributed by atoms with E-state index < -0.39 is 0 Å². The molecule has 0 aromatic carbocycles. The van der Waals surface area contributed by atoms with Crippen molar-refractivity contribution in [3.05, 3.63) is 19.2 Å². The second-order valence-corrected chi connectivity index (χ2v) is 6.81. The molecule has 0 saturated heterocycles. The summed E-state index contributed by atoms with van der Waals surface area (Å²) in [5.41, 5.74) is 0. The minimum absolute atomic E-state index is 0.106. The minimum Gasteiger partial charge on any atom is -0.383 e.